The second-order valence-electron chi connectivity index (χ2n) is 7.14. The molecule has 0 radical (unpaired) electrons. The average molecular weight is 390 g/mol. The zero-order valence-electron chi connectivity index (χ0n) is 15.9. The first-order valence-corrected chi connectivity index (χ1v) is 9.61. The van der Waals surface area contributed by atoms with E-state index in [1.807, 2.05) is 47.4 Å². The Kier molecular flexibility index (Phi) is 5.39. The van der Waals surface area contributed by atoms with Crippen LogP contribution in [-0.2, 0) is 11.2 Å². The fourth-order valence-corrected chi connectivity index (χ4v) is 3.53. The Morgan fingerprint density at radius 3 is 2.62 bits per heavy atom. The van der Waals surface area contributed by atoms with Crippen molar-refractivity contribution in [1.82, 2.24) is 20.3 Å². The van der Waals surface area contributed by atoms with Crippen LogP contribution in [-0.4, -0.2) is 45.0 Å². The second-order valence-corrected chi connectivity index (χ2v) is 7.14. The Labute approximate surface area is 168 Å². The lowest BCUT2D eigenvalue weighted by atomic mass is 10.1. The molecule has 29 heavy (non-hydrogen) atoms. The minimum atomic E-state index is -0.570. The monoisotopic (exact) mass is 390 g/mol. The number of aromatic nitrogens is 2. The molecule has 2 amide bonds. The molecule has 2 heterocycles. The number of hydrogen-bond acceptors (Lipinski definition) is 4. The number of carbonyl (C=O) groups is 2. The third-order valence-corrected chi connectivity index (χ3v) is 5.06. The molecule has 7 nitrogen and oxygen atoms in total. The van der Waals surface area contributed by atoms with Crippen LogP contribution in [0.1, 0.15) is 40.2 Å². The molecule has 0 saturated carbocycles. The molecule has 0 atom stereocenters. The molecule has 1 aliphatic heterocycles. The number of hydrogen-bond donors (Lipinski definition) is 3. The second kappa shape index (κ2) is 8.28. The van der Waals surface area contributed by atoms with E-state index in [2.05, 4.69) is 9.97 Å². The number of likely N-dealkylation sites (tertiary alicyclic amines) is 1. The van der Waals surface area contributed by atoms with E-state index in [1.54, 1.807) is 11.6 Å². The summed E-state index contributed by atoms with van der Waals surface area (Å²) in [6.07, 6.45) is 5.66. The average Bonchev–Trinajstić information content (AvgIpc) is 3.41. The van der Waals surface area contributed by atoms with Crippen LogP contribution < -0.4 is 5.48 Å². The molecule has 0 unspecified atom stereocenters. The topological polar surface area (TPSA) is 98.3 Å². The molecule has 0 spiro atoms. The zero-order chi connectivity index (χ0) is 20.2. The third-order valence-electron chi connectivity index (χ3n) is 5.06. The maximum Gasteiger partial charge on any atom is 0.267 e. The summed E-state index contributed by atoms with van der Waals surface area (Å²) in [5.41, 5.74) is 5.87. The predicted molar refractivity (Wildman–Crippen MR) is 109 cm³/mol. The molecule has 4 rings (SSSR count). The zero-order valence-corrected chi connectivity index (χ0v) is 15.9. The highest BCUT2D eigenvalue weighted by Crippen LogP contribution is 2.19. The smallest absolute Gasteiger partial charge is 0.267 e. The van der Waals surface area contributed by atoms with Crippen LogP contribution in [0.4, 0.5) is 0 Å². The molecular weight excluding hydrogens is 368 g/mol. The number of imidazole rings is 1. The molecule has 7 heteroatoms. The van der Waals surface area contributed by atoms with Crippen molar-refractivity contribution in [3.63, 3.8) is 0 Å². The first-order chi connectivity index (χ1) is 14.1. The first-order valence-electron chi connectivity index (χ1n) is 9.61. The molecule has 2 aromatic carbocycles. The normalized spacial score (nSPS) is 14.0. The van der Waals surface area contributed by atoms with Gasteiger partial charge in [0.2, 0.25) is 0 Å². The molecule has 1 fully saturated rings. The summed E-state index contributed by atoms with van der Waals surface area (Å²) in [5.74, 6) is 0.340. The number of rotatable bonds is 5. The number of nitrogens with one attached hydrogen (secondary N) is 2. The van der Waals surface area contributed by atoms with Crippen molar-refractivity contribution in [2.24, 2.45) is 0 Å². The van der Waals surface area contributed by atoms with Gasteiger partial charge in [0.15, 0.2) is 0 Å². The summed E-state index contributed by atoms with van der Waals surface area (Å²) in [6.45, 7) is 1.67. The molecule has 1 aliphatic rings. The van der Waals surface area contributed by atoms with Crippen molar-refractivity contribution in [1.29, 1.82) is 0 Å². The Morgan fingerprint density at radius 1 is 1.14 bits per heavy atom. The number of H-pyrrole nitrogens is 1. The molecule has 0 bridgehead atoms. The largest absolute Gasteiger partial charge is 0.342 e. The quantitative estimate of drug-likeness (QED) is 0.354. The van der Waals surface area contributed by atoms with Crippen LogP contribution in [0.25, 0.3) is 17.1 Å². The molecule has 1 aromatic heterocycles. The number of amides is 2. The number of aromatic amines is 1. The lowest BCUT2D eigenvalue weighted by molar-refractivity contribution is -0.124. The van der Waals surface area contributed by atoms with Gasteiger partial charge in [0, 0.05) is 31.1 Å². The van der Waals surface area contributed by atoms with Crippen molar-refractivity contribution in [3.8, 4) is 0 Å². The molecule has 1 saturated heterocycles. The number of hydroxylamine groups is 1. The van der Waals surface area contributed by atoms with E-state index < -0.39 is 5.91 Å². The van der Waals surface area contributed by atoms with E-state index in [0.29, 0.717) is 12.0 Å². The van der Waals surface area contributed by atoms with Gasteiger partial charge in [-0.15, -0.1) is 0 Å². The predicted octanol–water partition coefficient (Wildman–Crippen LogP) is 2.91. The van der Waals surface area contributed by atoms with Crippen molar-refractivity contribution in [2.45, 2.75) is 19.3 Å². The van der Waals surface area contributed by atoms with Gasteiger partial charge in [-0.3, -0.25) is 14.8 Å². The molecule has 3 aromatic rings. The van der Waals surface area contributed by atoms with E-state index in [4.69, 9.17) is 5.21 Å². The number of carbonyl (C=O) groups excluding carboxylic acids is 2. The van der Waals surface area contributed by atoms with Crippen molar-refractivity contribution in [2.75, 3.05) is 13.1 Å². The van der Waals surface area contributed by atoms with Gasteiger partial charge in [-0.1, -0.05) is 24.3 Å². The fourth-order valence-electron chi connectivity index (χ4n) is 3.53. The van der Waals surface area contributed by atoms with Gasteiger partial charge in [-0.05, 0) is 48.2 Å². The van der Waals surface area contributed by atoms with Crippen molar-refractivity contribution < 1.29 is 14.8 Å². The summed E-state index contributed by atoms with van der Waals surface area (Å²) >= 11 is 0. The van der Waals surface area contributed by atoms with Gasteiger partial charge < -0.3 is 9.88 Å². The first kappa shape index (κ1) is 18.9. The summed E-state index contributed by atoms with van der Waals surface area (Å²) in [7, 11) is 0. The van der Waals surface area contributed by atoms with Gasteiger partial charge in [0.05, 0.1) is 11.0 Å². The molecule has 3 N–H and O–H groups in total. The van der Waals surface area contributed by atoms with E-state index in [0.717, 1.165) is 53.9 Å². The van der Waals surface area contributed by atoms with Crippen LogP contribution in [0.15, 0.2) is 48.5 Å². The molecular formula is C22H22N4O3. The molecule has 0 aliphatic carbocycles. The molecule has 148 valence electrons. The van der Waals surface area contributed by atoms with Crippen LogP contribution in [0.3, 0.4) is 0 Å². The lowest BCUT2D eigenvalue weighted by Crippen LogP contribution is -2.27. The van der Waals surface area contributed by atoms with Gasteiger partial charge >= 0.3 is 0 Å². The number of fused-ring (bicyclic) bond motifs is 1. The Balaban J connectivity index is 1.47. The van der Waals surface area contributed by atoms with Gasteiger partial charge in [0.25, 0.3) is 11.8 Å². The van der Waals surface area contributed by atoms with Crippen LogP contribution in [0.5, 0.6) is 0 Å². The van der Waals surface area contributed by atoms with Gasteiger partial charge in [-0.25, -0.2) is 10.5 Å². The summed E-state index contributed by atoms with van der Waals surface area (Å²) in [6, 6.07) is 13.3. The van der Waals surface area contributed by atoms with E-state index in [-0.39, 0.29) is 5.91 Å². The maximum atomic E-state index is 12.6. The van der Waals surface area contributed by atoms with Crippen LogP contribution in [0.2, 0.25) is 0 Å². The van der Waals surface area contributed by atoms with E-state index >= 15 is 0 Å². The maximum absolute atomic E-state index is 12.6. The van der Waals surface area contributed by atoms with Crippen LogP contribution in [0, 0.1) is 0 Å². The highest BCUT2D eigenvalue weighted by Gasteiger charge is 2.20. The lowest BCUT2D eigenvalue weighted by Gasteiger charge is -2.14. The minimum absolute atomic E-state index is 0.0825. The van der Waals surface area contributed by atoms with Crippen molar-refractivity contribution >= 4 is 28.9 Å². The summed E-state index contributed by atoms with van der Waals surface area (Å²) < 4.78 is 0. The fraction of sp³-hybridized carbons (Fsp3) is 0.227. The summed E-state index contributed by atoms with van der Waals surface area (Å²) in [5, 5.41) is 8.50. The Morgan fingerprint density at radius 2 is 1.90 bits per heavy atom. The SMILES string of the molecule is O=C(C=Cc1ccc(Cc2nc3ccc(C(=O)N4CCCC4)cc3[nH]2)cc1)NO. The highest BCUT2D eigenvalue weighted by molar-refractivity contribution is 5.97. The van der Waals surface area contributed by atoms with E-state index in [9.17, 15) is 9.59 Å². The minimum Gasteiger partial charge on any atom is -0.342 e. The highest BCUT2D eigenvalue weighted by atomic mass is 16.5. The summed E-state index contributed by atoms with van der Waals surface area (Å²) in [4.78, 5) is 33.5. The van der Waals surface area contributed by atoms with Crippen LogP contribution >= 0.6 is 0 Å². The number of nitrogens with zero attached hydrogens (tertiary/aromatic N) is 2. The third kappa shape index (κ3) is 4.35. The number of benzene rings is 2. The van der Waals surface area contributed by atoms with Gasteiger partial charge in [-0.2, -0.15) is 0 Å². The van der Waals surface area contributed by atoms with Gasteiger partial charge in [0.1, 0.15) is 5.82 Å². The van der Waals surface area contributed by atoms with Crippen molar-refractivity contribution in [3.05, 3.63) is 71.1 Å². The van der Waals surface area contributed by atoms with E-state index in [1.165, 1.54) is 6.08 Å². The Bertz CT molecular complexity index is 1060. The Hall–Kier alpha value is -3.45. The standard InChI is InChI=1S/C22H22N4O3/c27-21(25-29)10-7-15-3-5-16(6-4-15)13-20-23-18-9-8-17(14-19(18)24-20)22(28)26-11-1-2-12-26/h3-10,14,29H,1-2,11-13H2,(H,23,24)(H,25,27).